The number of amides is 2. The first-order valence-corrected chi connectivity index (χ1v) is 12.5. The highest BCUT2D eigenvalue weighted by atomic mass is 32.2. The first kappa shape index (κ1) is 23.9. The van der Waals surface area contributed by atoms with Gasteiger partial charge in [-0.1, -0.05) is 72.8 Å². The van der Waals surface area contributed by atoms with Crippen molar-refractivity contribution in [3.05, 3.63) is 120 Å². The Morgan fingerprint density at radius 2 is 0.943 bits per heavy atom. The van der Waals surface area contributed by atoms with Gasteiger partial charge < -0.3 is 10.6 Å². The molecule has 0 spiro atoms. The van der Waals surface area contributed by atoms with Gasteiger partial charge in [0.05, 0.1) is 22.6 Å². The molecule has 0 fully saturated rings. The van der Waals surface area contributed by atoms with Crippen LogP contribution < -0.4 is 10.6 Å². The zero-order valence-corrected chi connectivity index (χ0v) is 19.7. The van der Waals surface area contributed by atoms with Crippen molar-refractivity contribution in [2.45, 2.75) is 22.6 Å². The Balaban J connectivity index is 1.47. The molecule has 0 bridgehead atoms. The molecule has 0 unspecified atom stereocenters. The molecule has 2 amide bonds. The molecule has 0 atom stereocenters. The summed E-state index contributed by atoms with van der Waals surface area (Å²) in [6.07, 6.45) is 0.366. The third-order valence-corrected chi connectivity index (χ3v) is 7.02. The van der Waals surface area contributed by atoms with E-state index < -0.39 is 9.84 Å². The van der Waals surface area contributed by atoms with Crippen molar-refractivity contribution in [1.29, 1.82) is 0 Å². The van der Waals surface area contributed by atoms with Crippen LogP contribution in [0.2, 0.25) is 0 Å². The summed E-state index contributed by atoms with van der Waals surface area (Å²) in [5, 5.41) is 5.51. The number of benzene rings is 4. The Morgan fingerprint density at radius 3 is 1.34 bits per heavy atom. The molecular formula is C28H24N2O4S. The van der Waals surface area contributed by atoms with Gasteiger partial charge in [0.1, 0.15) is 0 Å². The Hall–Kier alpha value is -4.23. The molecule has 0 saturated heterocycles. The second kappa shape index (κ2) is 10.8. The minimum Gasteiger partial charge on any atom is -0.326 e. The first-order valence-electron chi connectivity index (χ1n) is 11.0. The van der Waals surface area contributed by atoms with Gasteiger partial charge in [0, 0.05) is 11.4 Å². The molecule has 0 aliphatic rings. The van der Waals surface area contributed by atoms with E-state index in [0.717, 1.165) is 11.1 Å². The molecule has 4 rings (SSSR count). The number of nitrogens with one attached hydrogen (secondary N) is 2. The topological polar surface area (TPSA) is 92.3 Å². The molecule has 0 aliphatic carbocycles. The maximum atomic E-state index is 13.3. The SMILES string of the molecule is O=C(Cc1ccccc1)Nc1cccc(S(=O)(=O)c2cccc(NC(=O)Cc3ccccc3)c2)c1. The average Bonchev–Trinajstić information content (AvgIpc) is 2.85. The Kier molecular flexibility index (Phi) is 7.38. The number of hydrogen-bond donors (Lipinski definition) is 2. The summed E-state index contributed by atoms with van der Waals surface area (Å²) in [6.45, 7) is 0. The number of carbonyl (C=O) groups is 2. The van der Waals surface area contributed by atoms with Crippen LogP contribution in [-0.4, -0.2) is 20.2 Å². The number of sulfone groups is 1. The quantitative estimate of drug-likeness (QED) is 0.373. The number of hydrogen-bond acceptors (Lipinski definition) is 4. The summed E-state index contributed by atoms with van der Waals surface area (Å²) in [7, 11) is -3.88. The molecule has 0 saturated carbocycles. The second-order valence-electron chi connectivity index (χ2n) is 7.98. The normalized spacial score (nSPS) is 11.0. The van der Waals surface area contributed by atoms with E-state index in [2.05, 4.69) is 10.6 Å². The highest BCUT2D eigenvalue weighted by molar-refractivity contribution is 7.91. The zero-order valence-electron chi connectivity index (χ0n) is 18.8. The van der Waals surface area contributed by atoms with Crippen molar-refractivity contribution in [3.8, 4) is 0 Å². The molecule has 176 valence electrons. The molecule has 0 aliphatic heterocycles. The van der Waals surface area contributed by atoms with Crippen molar-refractivity contribution in [2.75, 3.05) is 10.6 Å². The van der Waals surface area contributed by atoms with Gasteiger partial charge in [0.2, 0.25) is 21.7 Å². The van der Waals surface area contributed by atoms with Gasteiger partial charge in [0.15, 0.2) is 0 Å². The van der Waals surface area contributed by atoms with Crippen LogP contribution in [0.25, 0.3) is 0 Å². The lowest BCUT2D eigenvalue weighted by Crippen LogP contribution is -2.15. The molecule has 35 heavy (non-hydrogen) atoms. The molecule has 6 nitrogen and oxygen atoms in total. The summed E-state index contributed by atoms with van der Waals surface area (Å²) < 4.78 is 26.5. The van der Waals surface area contributed by atoms with E-state index in [0.29, 0.717) is 11.4 Å². The van der Waals surface area contributed by atoms with Crippen molar-refractivity contribution in [3.63, 3.8) is 0 Å². The van der Waals surface area contributed by atoms with Crippen LogP contribution in [-0.2, 0) is 32.3 Å². The highest BCUT2D eigenvalue weighted by Crippen LogP contribution is 2.25. The van der Waals surface area contributed by atoms with E-state index in [9.17, 15) is 18.0 Å². The maximum absolute atomic E-state index is 13.3. The molecule has 0 heterocycles. The van der Waals surface area contributed by atoms with Gasteiger partial charge in [-0.3, -0.25) is 9.59 Å². The minimum absolute atomic E-state index is 0.0442. The van der Waals surface area contributed by atoms with Gasteiger partial charge in [-0.15, -0.1) is 0 Å². The molecule has 4 aromatic rings. The van der Waals surface area contributed by atoms with E-state index in [-0.39, 0.29) is 34.4 Å². The number of anilines is 2. The fourth-order valence-electron chi connectivity index (χ4n) is 3.59. The van der Waals surface area contributed by atoms with Crippen LogP contribution in [0.4, 0.5) is 11.4 Å². The summed E-state index contributed by atoms with van der Waals surface area (Å²) >= 11 is 0. The predicted octanol–water partition coefficient (Wildman–Crippen LogP) is 4.88. The molecule has 0 aromatic heterocycles. The van der Waals surface area contributed by atoms with Gasteiger partial charge in [-0.25, -0.2) is 8.42 Å². The predicted molar refractivity (Wildman–Crippen MR) is 136 cm³/mol. The highest BCUT2D eigenvalue weighted by Gasteiger charge is 2.19. The standard InChI is InChI=1S/C28H24N2O4S/c31-27(17-21-9-3-1-4-10-21)29-23-13-7-15-25(19-23)35(33,34)26-16-8-14-24(20-26)30-28(32)18-22-11-5-2-6-12-22/h1-16,19-20H,17-18H2,(H,29,31)(H,30,32). The monoisotopic (exact) mass is 484 g/mol. The van der Waals surface area contributed by atoms with Gasteiger partial charge in [-0.05, 0) is 47.5 Å². The maximum Gasteiger partial charge on any atom is 0.228 e. The lowest BCUT2D eigenvalue weighted by atomic mass is 10.1. The zero-order chi connectivity index (χ0) is 24.7. The summed E-state index contributed by atoms with van der Waals surface area (Å²) in [5.41, 5.74) is 2.50. The van der Waals surface area contributed by atoms with Crippen LogP contribution in [0.1, 0.15) is 11.1 Å². The van der Waals surface area contributed by atoms with Crippen molar-refractivity contribution >= 4 is 33.0 Å². The summed E-state index contributed by atoms with van der Waals surface area (Å²) in [4.78, 5) is 24.9. The van der Waals surface area contributed by atoms with Crippen molar-refractivity contribution in [1.82, 2.24) is 0 Å². The van der Waals surface area contributed by atoms with E-state index in [4.69, 9.17) is 0 Å². The summed E-state index contributed by atoms with van der Waals surface area (Å²) in [5.74, 6) is -0.484. The van der Waals surface area contributed by atoms with E-state index in [1.165, 1.54) is 24.3 Å². The van der Waals surface area contributed by atoms with Gasteiger partial charge in [0.25, 0.3) is 0 Å². The number of rotatable bonds is 8. The third kappa shape index (κ3) is 6.43. The third-order valence-electron chi connectivity index (χ3n) is 5.27. The lowest BCUT2D eigenvalue weighted by molar-refractivity contribution is -0.116. The fourth-order valence-corrected chi connectivity index (χ4v) is 4.94. The second-order valence-corrected chi connectivity index (χ2v) is 9.93. The first-order chi connectivity index (χ1) is 16.9. The number of carbonyl (C=O) groups excluding carboxylic acids is 2. The van der Waals surface area contributed by atoms with E-state index in [1.807, 2.05) is 60.7 Å². The smallest absolute Gasteiger partial charge is 0.228 e. The van der Waals surface area contributed by atoms with Gasteiger partial charge in [-0.2, -0.15) is 0 Å². The lowest BCUT2D eigenvalue weighted by Gasteiger charge is -2.11. The Labute approximate surface area is 204 Å². The molecule has 4 aromatic carbocycles. The van der Waals surface area contributed by atoms with Crippen molar-refractivity contribution in [2.24, 2.45) is 0 Å². The molecule has 0 radical (unpaired) electrons. The van der Waals surface area contributed by atoms with Gasteiger partial charge >= 0.3 is 0 Å². The Morgan fingerprint density at radius 1 is 0.543 bits per heavy atom. The van der Waals surface area contributed by atoms with E-state index in [1.54, 1.807) is 24.3 Å². The fraction of sp³-hybridized carbons (Fsp3) is 0.0714. The summed E-state index contributed by atoms with van der Waals surface area (Å²) in [6, 6.07) is 30.8. The van der Waals surface area contributed by atoms with Crippen LogP contribution in [0.5, 0.6) is 0 Å². The molecule has 2 N–H and O–H groups in total. The van der Waals surface area contributed by atoms with E-state index >= 15 is 0 Å². The van der Waals surface area contributed by atoms with Crippen molar-refractivity contribution < 1.29 is 18.0 Å². The largest absolute Gasteiger partial charge is 0.326 e. The van der Waals surface area contributed by atoms with Crippen LogP contribution >= 0.6 is 0 Å². The van der Waals surface area contributed by atoms with Crippen LogP contribution in [0, 0.1) is 0 Å². The van der Waals surface area contributed by atoms with Crippen LogP contribution in [0.15, 0.2) is 119 Å². The average molecular weight is 485 g/mol. The minimum atomic E-state index is -3.88. The molecule has 7 heteroatoms. The Bertz CT molecular complexity index is 1330. The molecular weight excluding hydrogens is 460 g/mol. The van der Waals surface area contributed by atoms with Crippen LogP contribution in [0.3, 0.4) is 0 Å².